The fourth-order valence-corrected chi connectivity index (χ4v) is 2.25. The van der Waals surface area contributed by atoms with Gasteiger partial charge in [0.2, 0.25) is 6.79 Å². The highest BCUT2D eigenvalue weighted by atomic mass is 79.9. The number of carbonyl (C=O) groups excluding carboxylic acids is 1. The van der Waals surface area contributed by atoms with Crippen molar-refractivity contribution in [3.05, 3.63) is 14.5 Å². The highest BCUT2D eigenvalue weighted by Crippen LogP contribution is 2.50. The number of rotatable bonds is 1. The predicted molar refractivity (Wildman–Crippen MR) is 55.0 cm³/mol. The van der Waals surface area contributed by atoms with E-state index in [0.717, 1.165) is 0 Å². The Hall–Kier alpha value is -0.750. The number of fused-ring (bicyclic) bond motifs is 1. The van der Waals surface area contributed by atoms with Gasteiger partial charge in [-0.2, -0.15) is 0 Å². The van der Waals surface area contributed by atoms with E-state index in [1.807, 2.05) is 0 Å². The maximum atomic E-state index is 10.7. The molecule has 0 aromatic heterocycles. The lowest BCUT2D eigenvalue weighted by Gasteiger charge is -2.07. The zero-order chi connectivity index (χ0) is 10.3. The van der Waals surface area contributed by atoms with Gasteiger partial charge in [0.1, 0.15) is 10.2 Å². The van der Waals surface area contributed by atoms with Crippen LogP contribution < -0.4 is 9.47 Å². The second kappa shape index (κ2) is 3.43. The van der Waals surface area contributed by atoms with Crippen LogP contribution in [0.15, 0.2) is 8.95 Å². The van der Waals surface area contributed by atoms with Crippen LogP contribution in [-0.2, 0) is 0 Å². The molecule has 1 heterocycles. The Morgan fingerprint density at radius 2 is 1.79 bits per heavy atom. The molecule has 0 spiro atoms. The van der Waals surface area contributed by atoms with E-state index in [-0.39, 0.29) is 18.1 Å². The van der Waals surface area contributed by atoms with Crippen molar-refractivity contribution in [2.24, 2.45) is 0 Å². The molecule has 6 heteroatoms. The largest absolute Gasteiger partial charge is 0.506 e. The van der Waals surface area contributed by atoms with E-state index in [9.17, 15) is 9.90 Å². The molecule has 0 amide bonds. The Labute approximate surface area is 96.1 Å². The van der Waals surface area contributed by atoms with Crippen LogP contribution in [0.5, 0.6) is 17.2 Å². The fourth-order valence-electron chi connectivity index (χ4n) is 1.16. The molecule has 1 aliphatic rings. The number of phenolic OH excluding ortho intramolecular Hbond substituents is 1. The third kappa shape index (κ3) is 1.21. The molecule has 0 fully saturated rings. The van der Waals surface area contributed by atoms with E-state index >= 15 is 0 Å². The molecule has 1 N–H and O–H groups in total. The molecule has 0 atom stereocenters. The molecule has 0 unspecified atom stereocenters. The summed E-state index contributed by atoms with van der Waals surface area (Å²) in [6, 6.07) is 0. The number of aldehydes is 1. The monoisotopic (exact) mass is 322 g/mol. The first-order valence-electron chi connectivity index (χ1n) is 3.61. The average molecular weight is 324 g/mol. The summed E-state index contributed by atoms with van der Waals surface area (Å²) in [7, 11) is 0. The van der Waals surface area contributed by atoms with Crippen LogP contribution in [0.4, 0.5) is 0 Å². The van der Waals surface area contributed by atoms with Gasteiger partial charge >= 0.3 is 0 Å². The van der Waals surface area contributed by atoms with Gasteiger partial charge in [-0.25, -0.2) is 0 Å². The SMILES string of the molecule is O=Cc1c(O)c(Br)c2c(c1Br)OCO2. The third-order valence-electron chi connectivity index (χ3n) is 1.83. The van der Waals surface area contributed by atoms with Crippen molar-refractivity contribution in [3.8, 4) is 17.2 Å². The molecule has 1 aromatic carbocycles. The maximum Gasteiger partial charge on any atom is 0.231 e. The molecule has 0 bridgehead atoms. The summed E-state index contributed by atoms with van der Waals surface area (Å²) in [5.74, 6) is 0.674. The first kappa shape index (κ1) is 9.79. The summed E-state index contributed by atoms with van der Waals surface area (Å²) >= 11 is 6.28. The van der Waals surface area contributed by atoms with Gasteiger partial charge in [0, 0.05) is 0 Å². The second-order valence-corrected chi connectivity index (χ2v) is 4.16. The molecule has 74 valence electrons. The molecule has 0 radical (unpaired) electrons. The van der Waals surface area contributed by atoms with E-state index < -0.39 is 0 Å². The highest BCUT2D eigenvalue weighted by molar-refractivity contribution is 9.11. The lowest BCUT2D eigenvalue weighted by molar-refractivity contribution is 0.111. The summed E-state index contributed by atoms with van der Waals surface area (Å²) in [5, 5.41) is 9.60. The molecule has 0 aliphatic carbocycles. The van der Waals surface area contributed by atoms with Gasteiger partial charge in [-0.05, 0) is 31.9 Å². The molecular formula is C8H4Br2O4. The van der Waals surface area contributed by atoms with E-state index in [1.165, 1.54) is 0 Å². The normalized spacial score (nSPS) is 13.0. The van der Waals surface area contributed by atoms with Crippen molar-refractivity contribution in [3.63, 3.8) is 0 Å². The first-order chi connectivity index (χ1) is 6.66. The number of benzene rings is 1. The summed E-state index contributed by atoms with van der Waals surface area (Å²) in [4.78, 5) is 10.7. The minimum absolute atomic E-state index is 0.0777. The third-order valence-corrected chi connectivity index (χ3v) is 3.35. The minimum Gasteiger partial charge on any atom is -0.506 e. The van der Waals surface area contributed by atoms with Gasteiger partial charge in [0.15, 0.2) is 17.8 Å². The van der Waals surface area contributed by atoms with Gasteiger partial charge in [-0.1, -0.05) is 0 Å². The fraction of sp³-hybridized carbons (Fsp3) is 0.125. The molecule has 2 rings (SSSR count). The standard InChI is InChI=1S/C8H4Br2O4/c9-4-3(1-11)6(12)5(10)8-7(4)13-2-14-8/h1,12H,2H2. The van der Waals surface area contributed by atoms with Gasteiger partial charge < -0.3 is 14.6 Å². The van der Waals surface area contributed by atoms with Crippen LogP contribution in [0.2, 0.25) is 0 Å². The smallest absolute Gasteiger partial charge is 0.231 e. The number of aromatic hydroxyl groups is 1. The lowest BCUT2D eigenvalue weighted by atomic mass is 10.2. The Morgan fingerprint density at radius 1 is 1.21 bits per heavy atom. The Bertz CT molecular complexity index is 417. The maximum absolute atomic E-state index is 10.7. The van der Waals surface area contributed by atoms with Crippen molar-refractivity contribution in [2.45, 2.75) is 0 Å². The van der Waals surface area contributed by atoms with Gasteiger partial charge in [-0.15, -0.1) is 0 Å². The van der Waals surface area contributed by atoms with E-state index in [2.05, 4.69) is 31.9 Å². The molecule has 14 heavy (non-hydrogen) atoms. The molecule has 4 nitrogen and oxygen atoms in total. The van der Waals surface area contributed by atoms with E-state index in [4.69, 9.17) is 9.47 Å². The Kier molecular flexibility index (Phi) is 2.40. The van der Waals surface area contributed by atoms with Crippen LogP contribution in [0, 0.1) is 0 Å². The van der Waals surface area contributed by atoms with Crippen molar-refractivity contribution in [1.82, 2.24) is 0 Å². The topological polar surface area (TPSA) is 55.8 Å². The Balaban J connectivity index is 2.79. The van der Waals surface area contributed by atoms with Gasteiger partial charge in [0.05, 0.1) is 10.0 Å². The number of phenols is 1. The summed E-state index contributed by atoms with van der Waals surface area (Å²) in [6.45, 7) is 0.0777. The van der Waals surface area contributed by atoms with Gasteiger partial charge in [0.25, 0.3) is 0 Å². The number of hydrogen-bond donors (Lipinski definition) is 1. The second-order valence-electron chi connectivity index (χ2n) is 2.57. The van der Waals surface area contributed by atoms with Crippen molar-refractivity contribution < 1.29 is 19.4 Å². The summed E-state index contributed by atoms with van der Waals surface area (Å²) in [5.41, 5.74) is 0.140. The number of halogens is 2. The zero-order valence-corrected chi connectivity index (χ0v) is 9.88. The first-order valence-corrected chi connectivity index (χ1v) is 5.20. The zero-order valence-electron chi connectivity index (χ0n) is 6.71. The van der Waals surface area contributed by atoms with Crippen LogP contribution >= 0.6 is 31.9 Å². The van der Waals surface area contributed by atoms with E-state index in [0.29, 0.717) is 26.7 Å². The highest BCUT2D eigenvalue weighted by Gasteiger charge is 2.27. The quantitative estimate of drug-likeness (QED) is 0.807. The molecule has 0 saturated heterocycles. The lowest BCUT2D eigenvalue weighted by Crippen LogP contribution is -1.93. The molecular weight excluding hydrogens is 320 g/mol. The minimum atomic E-state index is -0.156. The van der Waals surface area contributed by atoms with Crippen molar-refractivity contribution in [1.29, 1.82) is 0 Å². The Morgan fingerprint density at radius 3 is 2.36 bits per heavy atom. The number of hydrogen-bond acceptors (Lipinski definition) is 4. The van der Waals surface area contributed by atoms with Crippen LogP contribution in [-0.4, -0.2) is 18.2 Å². The molecule has 1 aromatic rings. The number of carbonyl (C=O) groups is 1. The van der Waals surface area contributed by atoms with E-state index in [1.54, 1.807) is 0 Å². The summed E-state index contributed by atoms with van der Waals surface area (Å²) in [6.07, 6.45) is 0.548. The van der Waals surface area contributed by atoms with Crippen LogP contribution in [0.3, 0.4) is 0 Å². The predicted octanol–water partition coefficient (Wildman–Crippen LogP) is 2.46. The average Bonchev–Trinajstić information content (AvgIpc) is 2.64. The van der Waals surface area contributed by atoms with Gasteiger partial charge in [-0.3, -0.25) is 4.79 Å². The van der Waals surface area contributed by atoms with Crippen molar-refractivity contribution >= 4 is 38.1 Å². The van der Waals surface area contributed by atoms with Crippen LogP contribution in [0.1, 0.15) is 10.4 Å². The molecule has 1 aliphatic heterocycles. The summed E-state index contributed by atoms with van der Waals surface area (Å²) < 4.78 is 11.0. The van der Waals surface area contributed by atoms with Crippen molar-refractivity contribution in [2.75, 3.05) is 6.79 Å². The molecule has 0 saturated carbocycles. The van der Waals surface area contributed by atoms with Crippen LogP contribution in [0.25, 0.3) is 0 Å². The number of ether oxygens (including phenoxy) is 2.